The van der Waals surface area contributed by atoms with Crippen molar-refractivity contribution in [2.75, 3.05) is 19.0 Å². The number of nitrogens with one attached hydrogen (secondary N) is 1. The molecule has 2 aromatic rings. The van der Waals surface area contributed by atoms with Crippen LogP contribution in [-0.2, 0) is 14.3 Å². The molecular formula is C20H21ClN2O5. The van der Waals surface area contributed by atoms with E-state index in [1.54, 1.807) is 43.5 Å². The number of rotatable bonds is 8. The van der Waals surface area contributed by atoms with Crippen molar-refractivity contribution in [3.8, 4) is 11.5 Å². The molecule has 1 amide bonds. The summed E-state index contributed by atoms with van der Waals surface area (Å²) in [4.78, 5) is 28.0. The number of methoxy groups -OCH3 is 1. The van der Waals surface area contributed by atoms with Gasteiger partial charge in [-0.2, -0.15) is 0 Å². The van der Waals surface area contributed by atoms with Crippen molar-refractivity contribution in [2.24, 2.45) is 0 Å². The standard InChI is InChI=1S/C20H21ClN2O5/c1-4-27-17-12-14(7-9-16(17)26-3)8-10-18(24)28-13(2)20(25)23-15-6-5-11-22-19(15)21/h5-13H,4H2,1-3H3,(H,23,25)/b10-8+/t13-/m1/s1. The van der Waals surface area contributed by atoms with Gasteiger partial charge in [-0.3, -0.25) is 4.79 Å². The predicted octanol–water partition coefficient (Wildman–Crippen LogP) is 3.73. The van der Waals surface area contributed by atoms with E-state index < -0.39 is 18.0 Å². The van der Waals surface area contributed by atoms with Crippen molar-refractivity contribution < 1.29 is 23.8 Å². The van der Waals surface area contributed by atoms with Crippen molar-refractivity contribution in [3.63, 3.8) is 0 Å². The predicted molar refractivity (Wildman–Crippen MR) is 107 cm³/mol. The van der Waals surface area contributed by atoms with Gasteiger partial charge in [0.25, 0.3) is 5.91 Å². The van der Waals surface area contributed by atoms with Gasteiger partial charge in [-0.15, -0.1) is 0 Å². The van der Waals surface area contributed by atoms with Gasteiger partial charge in [-0.25, -0.2) is 9.78 Å². The van der Waals surface area contributed by atoms with E-state index in [1.807, 2.05) is 6.92 Å². The molecule has 0 fully saturated rings. The van der Waals surface area contributed by atoms with Crippen molar-refractivity contribution in [3.05, 3.63) is 53.3 Å². The Kier molecular flexibility index (Phi) is 7.83. The van der Waals surface area contributed by atoms with Gasteiger partial charge >= 0.3 is 5.97 Å². The number of esters is 1. The summed E-state index contributed by atoms with van der Waals surface area (Å²) in [5, 5.41) is 2.71. The summed E-state index contributed by atoms with van der Waals surface area (Å²) in [5.41, 5.74) is 1.06. The van der Waals surface area contributed by atoms with Gasteiger partial charge in [-0.05, 0) is 49.8 Å². The summed E-state index contributed by atoms with van der Waals surface area (Å²) in [6.07, 6.45) is 3.29. The second-order valence-electron chi connectivity index (χ2n) is 5.59. The lowest BCUT2D eigenvalue weighted by atomic mass is 10.2. The number of carbonyl (C=O) groups is 2. The summed E-state index contributed by atoms with van der Waals surface area (Å²) < 4.78 is 15.8. The Balaban J connectivity index is 1.96. The Morgan fingerprint density at radius 2 is 2.07 bits per heavy atom. The van der Waals surface area contributed by atoms with Crippen LogP contribution in [0.3, 0.4) is 0 Å². The van der Waals surface area contributed by atoms with Crippen LogP contribution in [0.15, 0.2) is 42.6 Å². The molecule has 0 saturated heterocycles. The summed E-state index contributed by atoms with van der Waals surface area (Å²) in [6.45, 7) is 3.81. The molecule has 0 bridgehead atoms. The summed E-state index contributed by atoms with van der Waals surface area (Å²) in [5.74, 6) is -0.00372. The number of nitrogens with zero attached hydrogens (tertiary/aromatic N) is 1. The lowest BCUT2D eigenvalue weighted by Gasteiger charge is -2.13. The van der Waals surface area contributed by atoms with Crippen molar-refractivity contribution in [2.45, 2.75) is 20.0 Å². The molecule has 0 radical (unpaired) electrons. The molecule has 0 aliphatic rings. The minimum Gasteiger partial charge on any atom is -0.493 e. The van der Waals surface area contributed by atoms with Crippen LogP contribution in [0.2, 0.25) is 5.15 Å². The number of hydrogen-bond acceptors (Lipinski definition) is 6. The maximum absolute atomic E-state index is 12.1. The topological polar surface area (TPSA) is 86.8 Å². The molecule has 1 aromatic heterocycles. The third kappa shape index (κ3) is 5.99. The van der Waals surface area contributed by atoms with Crippen LogP contribution in [0.25, 0.3) is 6.08 Å². The van der Waals surface area contributed by atoms with E-state index in [1.165, 1.54) is 19.2 Å². The number of benzene rings is 1. The molecule has 0 aliphatic heterocycles. The number of pyridine rings is 1. The van der Waals surface area contributed by atoms with E-state index in [9.17, 15) is 9.59 Å². The highest BCUT2D eigenvalue weighted by atomic mass is 35.5. The van der Waals surface area contributed by atoms with Crippen LogP contribution in [0.4, 0.5) is 5.69 Å². The van der Waals surface area contributed by atoms with E-state index >= 15 is 0 Å². The lowest BCUT2D eigenvalue weighted by molar-refractivity contribution is -0.148. The Labute approximate surface area is 168 Å². The number of hydrogen-bond donors (Lipinski definition) is 1. The molecular weight excluding hydrogens is 384 g/mol. The Bertz CT molecular complexity index is 869. The van der Waals surface area contributed by atoms with Crippen LogP contribution in [0.1, 0.15) is 19.4 Å². The Hall–Kier alpha value is -3.06. The Morgan fingerprint density at radius 3 is 2.75 bits per heavy atom. The van der Waals surface area contributed by atoms with Crippen molar-refractivity contribution in [1.29, 1.82) is 0 Å². The van der Waals surface area contributed by atoms with Crippen LogP contribution in [-0.4, -0.2) is 36.7 Å². The highest BCUT2D eigenvalue weighted by Gasteiger charge is 2.17. The quantitative estimate of drug-likeness (QED) is 0.410. The average Bonchev–Trinajstić information content (AvgIpc) is 2.68. The van der Waals surface area contributed by atoms with E-state index in [-0.39, 0.29) is 5.15 Å². The molecule has 1 aromatic carbocycles. The first-order valence-electron chi connectivity index (χ1n) is 8.55. The Morgan fingerprint density at radius 1 is 1.29 bits per heavy atom. The summed E-state index contributed by atoms with van der Waals surface area (Å²) in [6, 6.07) is 8.48. The molecule has 0 aliphatic carbocycles. The molecule has 1 heterocycles. The third-order valence-corrected chi connectivity index (χ3v) is 3.88. The van der Waals surface area contributed by atoms with E-state index in [0.29, 0.717) is 23.8 Å². The van der Waals surface area contributed by atoms with Gasteiger partial charge in [0.05, 0.1) is 19.4 Å². The third-order valence-electron chi connectivity index (χ3n) is 3.58. The minimum atomic E-state index is -1.01. The first kappa shape index (κ1) is 21.2. The molecule has 0 saturated carbocycles. The number of anilines is 1. The highest BCUT2D eigenvalue weighted by molar-refractivity contribution is 6.32. The summed E-state index contributed by atoms with van der Waals surface area (Å²) in [7, 11) is 1.55. The normalized spacial score (nSPS) is 11.7. The van der Waals surface area contributed by atoms with Crippen molar-refractivity contribution in [1.82, 2.24) is 4.98 Å². The molecule has 0 unspecified atom stereocenters. The van der Waals surface area contributed by atoms with Gasteiger partial charge < -0.3 is 19.5 Å². The molecule has 28 heavy (non-hydrogen) atoms. The fourth-order valence-corrected chi connectivity index (χ4v) is 2.38. The molecule has 8 heteroatoms. The van der Waals surface area contributed by atoms with E-state index in [2.05, 4.69) is 10.3 Å². The van der Waals surface area contributed by atoms with E-state index in [4.69, 9.17) is 25.8 Å². The number of amides is 1. The van der Waals surface area contributed by atoms with Crippen LogP contribution >= 0.6 is 11.6 Å². The monoisotopic (exact) mass is 404 g/mol. The lowest BCUT2D eigenvalue weighted by Crippen LogP contribution is -2.29. The van der Waals surface area contributed by atoms with Gasteiger partial charge in [0.2, 0.25) is 0 Å². The first-order chi connectivity index (χ1) is 13.4. The first-order valence-corrected chi connectivity index (χ1v) is 8.93. The maximum Gasteiger partial charge on any atom is 0.331 e. The van der Waals surface area contributed by atoms with Gasteiger partial charge in [0.1, 0.15) is 0 Å². The number of aromatic nitrogens is 1. The molecule has 0 spiro atoms. The second kappa shape index (κ2) is 10.3. The smallest absolute Gasteiger partial charge is 0.331 e. The molecule has 7 nitrogen and oxygen atoms in total. The highest BCUT2D eigenvalue weighted by Crippen LogP contribution is 2.28. The van der Waals surface area contributed by atoms with Crippen LogP contribution in [0.5, 0.6) is 11.5 Å². The van der Waals surface area contributed by atoms with Gasteiger partial charge in [-0.1, -0.05) is 17.7 Å². The molecule has 2 rings (SSSR count). The molecule has 148 valence electrons. The zero-order chi connectivity index (χ0) is 20.5. The van der Waals surface area contributed by atoms with Crippen molar-refractivity contribution >= 4 is 35.2 Å². The maximum atomic E-state index is 12.1. The minimum absolute atomic E-state index is 0.152. The fourth-order valence-electron chi connectivity index (χ4n) is 2.21. The average molecular weight is 405 g/mol. The number of carbonyl (C=O) groups excluding carboxylic acids is 2. The molecule has 1 atom stereocenters. The zero-order valence-electron chi connectivity index (χ0n) is 15.8. The zero-order valence-corrected chi connectivity index (χ0v) is 16.5. The second-order valence-corrected chi connectivity index (χ2v) is 5.94. The fraction of sp³-hybridized carbons (Fsp3) is 0.250. The van der Waals surface area contributed by atoms with Gasteiger partial charge in [0, 0.05) is 12.3 Å². The molecule has 1 N–H and O–H groups in total. The number of halogens is 1. The SMILES string of the molecule is CCOc1cc(/C=C/C(=O)O[C@H](C)C(=O)Nc2cccnc2Cl)ccc1OC. The van der Waals surface area contributed by atoms with Crippen LogP contribution < -0.4 is 14.8 Å². The van der Waals surface area contributed by atoms with E-state index in [0.717, 1.165) is 5.56 Å². The largest absolute Gasteiger partial charge is 0.493 e. The summed E-state index contributed by atoms with van der Waals surface area (Å²) >= 11 is 5.89. The van der Waals surface area contributed by atoms with Crippen LogP contribution in [0, 0.1) is 0 Å². The number of ether oxygens (including phenoxy) is 3. The van der Waals surface area contributed by atoms with Gasteiger partial charge in [0.15, 0.2) is 22.8 Å².